The predicted molar refractivity (Wildman–Crippen MR) is 119 cm³/mol. The fourth-order valence-corrected chi connectivity index (χ4v) is 4.42. The minimum Gasteiger partial charge on any atom is -0.497 e. The van der Waals surface area contributed by atoms with Crippen LogP contribution in [0.5, 0.6) is 5.75 Å². The lowest BCUT2D eigenvalue weighted by Gasteiger charge is -2.18. The van der Waals surface area contributed by atoms with E-state index in [0.29, 0.717) is 56.7 Å². The molecule has 0 bridgehead atoms. The maximum absolute atomic E-state index is 13.1. The summed E-state index contributed by atoms with van der Waals surface area (Å²) in [6, 6.07) is 7.25. The Morgan fingerprint density at radius 3 is 2.69 bits per heavy atom. The first-order valence-corrected chi connectivity index (χ1v) is 11.1. The number of anilines is 1. The number of carbonyl (C=O) groups excluding carboxylic acids is 3. The Labute approximate surface area is 187 Å². The summed E-state index contributed by atoms with van der Waals surface area (Å²) in [6.45, 7) is 2.37. The molecule has 1 aromatic heterocycles. The van der Waals surface area contributed by atoms with E-state index in [-0.39, 0.29) is 23.5 Å². The summed E-state index contributed by atoms with van der Waals surface area (Å²) in [6.07, 6.45) is 4.67. The number of ketones is 1. The molecule has 1 aromatic carbocycles. The Morgan fingerprint density at radius 1 is 1.22 bits per heavy atom. The van der Waals surface area contributed by atoms with Crippen molar-refractivity contribution in [1.82, 2.24) is 19.6 Å². The number of nitrogens with two attached hydrogens (primary N) is 1. The van der Waals surface area contributed by atoms with Gasteiger partial charge in [-0.25, -0.2) is 4.68 Å². The van der Waals surface area contributed by atoms with Crippen LogP contribution in [-0.2, 0) is 9.59 Å². The number of hydrogen-bond acceptors (Lipinski definition) is 6. The molecule has 1 atom stereocenters. The zero-order valence-corrected chi connectivity index (χ0v) is 18.3. The normalized spacial score (nSPS) is 18.4. The molecule has 3 heterocycles. The molecule has 2 fully saturated rings. The van der Waals surface area contributed by atoms with E-state index in [9.17, 15) is 14.4 Å². The number of aromatic nitrogens is 2. The van der Waals surface area contributed by atoms with E-state index >= 15 is 0 Å². The second-order valence-corrected chi connectivity index (χ2v) is 8.33. The molecule has 0 radical (unpaired) electrons. The molecule has 2 aliphatic rings. The smallest absolute Gasteiger partial charge is 0.222 e. The van der Waals surface area contributed by atoms with E-state index in [1.54, 1.807) is 24.1 Å². The number of methoxy groups -OCH3 is 1. The number of benzene rings is 1. The molecule has 0 unspecified atom stereocenters. The van der Waals surface area contributed by atoms with Gasteiger partial charge in [-0.15, -0.1) is 0 Å². The molecule has 9 nitrogen and oxygen atoms in total. The molecule has 2 amide bonds. The number of ether oxygens (including phenoxy) is 1. The third-order valence-corrected chi connectivity index (χ3v) is 6.29. The molecule has 0 saturated carbocycles. The molecule has 2 saturated heterocycles. The molecule has 9 heteroatoms. The quantitative estimate of drug-likeness (QED) is 0.629. The second-order valence-electron chi connectivity index (χ2n) is 8.33. The number of Topliss-reactive ketones (excluding diaryl/α,β-unsaturated/α-hetero) is 1. The van der Waals surface area contributed by atoms with Gasteiger partial charge in [-0.1, -0.05) is 0 Å². The SMILES string of the molecule is COc1ccc(-n2ncc(C(=O)[C@H]3CCN(C(=O)CCCN4CCCC4=O)C3)c2N)cc1. The summed E-state index contributed by atoms with van der Waals surface area (Å²) in [5, 5.41) is 4.29. The van der Waals surface area contributed by atoms with Crippen LogP contribution >= 0.6 is 0 Å². The summed E-state index contributed by atoms with van der Waals surface area (Å²) in [4.78, 5) is 40.9. The molecule has 0 aliphatic carbocycles. The number of carbonyl (C=O) groups is 3. The highest BCUT2D eigenvalue weighted by atomic mass is 16.5. The Bertz CT molecular complexity index is 1000. The van der Waals surface area contributed by atoms with Gasteiger partial charge < -0.3 is 20.3 Å². The fourth-order valence-electron chi connectivity index (χ4n) is 4.42. The van der Waals surface area contributed by atoms with E-state index in [1.807, 2.05) is 17.0 Å². The number of nitrogens with zero attached hydrogens (tertiary/aromatic N) is 4. The van der Waals surface area contributed by atoms with Crippen molar-refractivity contribution < 1.29 is 19.1 Å². The van der Waals surface area contributed by atoms with Crippen molar-refractivity contribution in [3.05, 3.63) is 36.0 Å². The number of likely N-dealkylation sites (tertiary alicyclic amines) is 2. The van der Waals surface area contributed by atoms with E-state index in [0.717, 1.165) is 24.4 Å². The zero-order valence-electron chi connectivity index (χ0n) is 18.3. The topological polar surface area (TPSA) is 111 Å². The number of amides is 2. The van der Waals surface area contributed by atoms with Crippen molar-refractivity contribution in [3.8, 4) is 11.4 Å². The Kier molecular flexibility index (Phi) is 6.43. The maximum atomic E-state index is 13.1. The molecular formula is C23H29N5O4. The summed E-state index contributed by atoms with van der Waals surface area (Å²) in [5.41, 5.74) is 7.36. The van der Waals surface area contributed by atoms with Gasteiger partial charge in [-0.2, -0.15) is 5.10 Å². The Hall–Kier alpha value is -3.36. The minimum absolute atomic E-state index is 0.0360. The van der Waals surface area contributed by atoms with Crippen LogP contribution in [0.15, 0.2) is 30.5 Å². The number of rotatable bonds is 8. The van der Waals surface area contributed by atoms with E-state index in [2.05, 4.69) is 5.10 Å². The van der Waals surface area contributed by atoms with Crippen molar-refractivity contribution in [3.63, 3.8) is 0 Å². The third kappa shape index (κ3) is 4.46. The van der Waals surface area contributed by atoms with E-state index < -0.39 is 0 Å². The lowest BCUT2D eigenvalue weighted by molar-refractivity contribution is -0.131. The summed E-state index contributed by atoms with van der Waals surface area (Å²) in [5.74, 6) is 0.861. The zero-order chi connectivity index (χ0) is 22.7. The van der Waals surface area contributed by atoms with Crippen LogP contribution in [0.2, 0.25) is 0 Å². The Balaban J connectivity index is 1.33. The van der Waals surface area contributed by atoms with Gasteiger partial charge in [0.25, 0.3) is 0 Å². The lowest BCUT2D eigenvalue weighted by atomic mass is 9.98. The average molecular weight is 440 g/mol. The minimum atomic E-state index is -0.282. The van der Waals surface area contributed by atoms with E-state index in [1.165, 1.54) is 10.9 Å². The highest BCUT2D eigenvalue weighted by Gasteiger charge is 2.33. The van der Waals surface area contributed by atoms with Crippen molar-refractivity contribution in [2.75, 3.05) is 39.0 Å². The van der Waals surface area contributed by atoms with Crippen LogP contribution in [0.4, 0.5) is 5.82 Å². The number of nitrogen functional groups attached to an aromatic ring is 1. The molecular weight excluding hydrogens is 410 g/mol. The molecule has 0 spiro atoms. The molecule has 2 N–H and O–H groups in total. The Morgan fingerprint density at radius 2 is 2.00 bits per heavy atom. The first-order chi connectivity index (χ1) is 15.5. The van der Waals surface area contributed by atoms with E-state index in [4.69, 9.17) is 10.5 Å². The standard InChI is InChI=1S/C23H29N5O4/c1-32-18-8-6-17(7-9-18)28-23(24)19(14-25-28)22(31)16-10-13-27(15-16)21(30)5-3-12-26-11-2-4-20(26)29/h6-9,14,16H,2-5,10-13,15,24H2,1H3/t16-/m0/s1. The van der Waals surface area contributed by atoms with Crippen LogP contribution < -0.4 is 10.5 Å². The molecule has 2 aromatic rings. The van der Waals surface area contributed by atoms with Crippen LogP contribution in [0.1, 0.15) is 42.5 Å². The van der Waals surface area contributed by atoms with Crippen molar-refractivity contribution in [2.45, 2.75) is 32.1 Å². The van der Waals surface area contributed by atoms with Gasteiger partial charge in [0.15, 0.2) is 5.78 Å². The van der Waals surface area contributed by atoms with Crippen LogP contribution in [-0.4, -0.2) is 70.5 Å². The first-order valence-electron chi connectivity index (χ1n) is 11.1. The lowest BCUT2D eigenvalue weighted by Crippen LogP contribution is -2.31. The van der Waals surface area contributed by atoms with Gasteiger partial charge in [0.05, 0.1) is 24.6 Å². The average Bonchev–Trinajstić information content (AvgIpc) is 3.54. The fraction of sp³-hybridized carbons (Fsp3) is 0.478. The van der Waals surface area contributed by atoms with Gasteiger partial charge >= 0.3 is 0 Å². The van der Waals surface area contributed by atoms with Gasteiger partial charge in [0.1, 0.15) is 11.6 Å². The maximum Gasteiger partial charge on any atom is 0.222 e. The van der Waals surface area contributed by atoms with Gasteiger partial charge in [-0.3, -0.25) is 14.4 Å². The second kappa shape index (κ2) is 9.42. The monoisotopic (exact) mass is 439 g/mol. The molecule has 170 valence electrons. The predicted octanol–water partition coefficient (Wildman–Crippen LogP) is 1.90. The van der Waals surface area contributed by atoms with Crippen molar-refractivity contribution in [2.24, 2.45) is 5.92 Å². The molecule has 2 aliphatic heterocycles. The van der Waals surface area contributed by atoms with Gasteiger partial charge in [0.2, 0.25) is 11.8 Å². The molecule has 32 heavy (non-hydrogen) atoms. The number of hydrogen-bond donors (Lipinski definition) is 1. The highest BCUT2D eigenvalue weighted by Crippen LogP contribution is 2.26. The van der Waals surface area contributed by atoms with Gasteiger partial charge in [-0.05, 0) is 43.5 Å². The summed E-state index contributed by atoms with van der Waals surface area (Å²) >= 11 is 0. The van der Waals surface area contributed by atoms with Crippen molar-refractivity contribution in [1.29, 1.82) is 0 Å². The first kappa shape index (κ1) is 21.9. The highest BCUT2D eigenvalue weighted by molar-refractivity contribution is 6.02. The van der Waals surface area contributed by atoms with Crippen LogP contribution in [0.25, 0.3) is 5.69 Å². The third-order valence-electron chi connectivity index (χ3n) is 6.29. The largest absolute Gasteiger partial charge is 0.497 e. The summed E-state index contributed by atoms with van der Waals surface area (Å²) in [7, 11) is 1.60. The van der Waals surface area contributed by atoms with Crippen molar-refractivity contribution >= 4 is 23.4 Å². The van der Waals surface area contributed by atoms with Crippen LogP contribution in [0.3, 0.4) is 0 Å². The van der Waals surface area contributed by atoms with Crippen LogP contribution in [0, 0.1) is 5.92 Å². The van der Waals surface area contributed by atoms with Gasteiger partial charge in [0, 0.05) is 44.9 Å². The summed E-state index contributed by atoms with van der Waals surface area (Å²) < 4.78 is 6.70. The molecule has 4 rings (SSSR count).